The minimum absolute atomic E-state index is 0.0263. The maximum atomic E-state index is 12.7. The van der Waals surface area contributed by atoms with E-state index in [1.54, 1.807) is 23.3 Å². The molecule has 1 aromatic carbocycles. The highest BCUT2D eigenvalue weighted by atomic mass is 32.1. The molecular formula is C20H20FN5O3S. The first-order valence-electron chi connectivity index (χ1n) is 9.23. The first-order chi connectivity index (χ1) is 14.5. The van der Waals surface area contributed by atoms with Gasteiger partial charge >= 0.3 is 5.69 Å². The Morgan fingerprint density at radius 2 is 2.17 bits per heavy atom. The number of anilines is 1. The summed E-state index contributed by atoms with van der Waals surface area (Å²) in [6, 6.07) is 9.65. The van der Waals surface area contributed by atoms with Gasteiger partial charge in [-0.1, -0.05) is 6.07 Å². The van der Waals surface area contributed by atoms with Gasteiger partial charge in [-0.2, -0.15) is 5.10 Å². The van der Waals surface area contributed by atoms with Crippen molar-refractivity contribution in [2.45, 2.75) is 13.1 Å². The van der Waals surface area contributed by atoms with Crippen LogP contribution in [0.1, 0.15) is 4.88 Å². The quantitative estimate of drug-likeness (QED) is 0.647. The molecule has 3 heterocycles. The van der Waals surface area contributed by atoms with Crippen molar-refractivity contribution >= 4 is 22.9 Å². The molecule has 0 radical (unpaired) electrons. The van der Waals surface area contributed by atoms with Gasteiger partial charge in [0.1, 0.15) is 12.1 Å². The number of fused-ring (bicyclic) bond motifs is 1. The number of ether oxygens (including phenoxy) is 1. The average Bonchev–Trinajstić information content (AvgIpc) is 3.36. The first-order valence-corrected chi connectivity index (χ1v) is 10.0. The van der Waals surface area contributed by atoms with Gasteiger partial charge in [0, 0.05) is 23.3 Å². The number of thiophene rings is 1. The van der Waals surface area contributed by atoms with Crippen LogP contribution in [-0.2, 0) is 17.9 Å². The Hall–Kier alpha value is -3.24. The lowest BCUT2D eigenvalue weighted by molar-refractivity contribution is -0.120. The fraction of sp³-hybridized carbons (Fsp3) is 0.250. The summed E-state index contributed by atoms with van der Waals surface area (Å²) >= 11 is 1.55. The van der Waals surface area contributed by atoms with E-state index in [2.05, 4.69) is 5.10 Å². The van der Waals surface area contributed by atoms with E-state index in [1.165, 1.54) is 15.6 Å². The van der Waals surface area contributed by atoms with Gasteiger partial charge in [0.2, 0.25) is 0 Å². The predicted molar refractivity (Wildman–Crippen MR) is 112 cm³/mol. The largest absolute Gasteiger partial charge is 0.482 e. The molecule has 2 aromatic heterocycles. The van der Waals surface area contributed by atoms with E-state index < -0.39 is 0 Å². The van der Waals surface area contributed by atoms with Crippen LogP contribution in [-0.4, -0.2) is 40.5 Å². The number of hydrogen-bond donors (Lipinski definition) is 1. The molecule has 10 heteroatoms. The Balaban J connectivity index is 1.53. The average molecular weight is 429 g/mol. The molecular weight excluding hydrogens is 409 g/mol. The maximum Gasteiger partial charge on any atom is 0.346 e. The molecule has 0 fully saturated rings. The Morgan fingerprint density at radius 1 is 1.33 bits per heavy atom. The van der Waals surface area contributed by atoms with Gasteiger partial charge in [0.15, 0.2) is 6.61 Å². The van der Waals surface area contributed by atoms with Crippen LogP contribution in [0.4, 0.5) is 10.1 Å². The molecule has 0 spiro atoms. The Labute approximate surface area is 175 Å². The van der Waals surface area contributed by atoms with E-state index in [0.717, 1.165) is 21.0 Å². The van der Waals surface area contributed by atoms with Gasteiger partial charge in [-0.3, -0.25) is 9.36 Å². The number of carbonyl (C=O) groups is 1. The number of hydrogen-bond acceptors (Lipinski definition) is 6. The zero-order chi connectivity index (χ0) is 21.3. The standard InChI is InChI=1S/C20H20FN5O3S/c1-24-16-4-2-14(6-17(16)29-11-19(24)27)18-5-3-15(30-18)10-25-12-23-26(20(25)28)9-13(7-21)8-22/h2-7,12H,8-11,22H2,1H3/b13-7+. The number of rotatable bonds is 6. The van der Waals surface area contributed by atoms with E-state index in [4.69, 9.17) is 10.5 Å². The van der Waals surface area contributed by atoms with Crippen LogP contribution in [0, 0.1) is 0 Å². The summed E-state index contributed by atoms with van der Waals surface area (Å²) in [5, 5.41) is 4.03. The highest BCUT2D eigenvalue weighted by molar-refractivity contribution is 7.15. The second-order valence-corrected chi connectivity index (χ2v) is 8.03. The number of halogens is 1. The summed E-state index contributed by atoms with van der Waals surface area (Å²) in [5.41, 5.74) is 7.12. The molecule has 0 atom stereocenters. The molecule has 1 aliphatic heterocycles. The van der Waals surface area contributed by atoms with E-state index >= 15 is 0 Å². The molecule has 0 unspecified atom stereocenters. The van der Waals surface area contributed by atoms with Gasteiger partial charge in [-0.15, -0.1) is 11.3 Å². The van der Waals surface area contributed by atoms with Crippen molar-refractivity contribution in [3.63, 3.8) is 0 Å². The zero-order valence-electron chi connectivity index (χ0n) is 16.2. The summed E-state index contributed by atoms with van der Waals surface area (Å²) in [6.07, 6.45) is 1.85. The Morgan fingerprint density at radius 3 is 2.93 bits per heavy atom. The molecule has 1 aliphatic rings. The highest BCUT2D eigenvalue weighted by Crippen LogP contribution is 2.37. The molecule has 0 bridgehead atoms. The maximum absolute atomic E-state index is 12.7. The molecule has 0 saturated carbocycles. The molecule has 4 rings (SSSR count). The number of aromatic nitrogens is 3. The summed E-state index contributed by atoms with van der Waals surface area (Å²) in [4.78, 5) is 27.8. The lowest BCUT2D eigenvalue weighted by Crippen LogP contribution is -2.35. The topological polar surface area (TPSA) is 95.4 Å². The molecule has 0 saturated heterocycles. The lowest BCUT2D eigenvalue weighted by Gasteiger charge is -2.26. The van der Waals surface area contributed by atoms with Crippen LogP contribution in [0.5, 0.6) is 5.75 Å². The predicted octanol–water partition coefficient (Wildman–Crippen LogP) is 1.99. The third-order valence-electron chi connectivity index (χ3n) is 4.89. The SMILES string of the molecule is CN1C(=O)COc2cc(-c3ccc(Cn4cnn(C/C(=C/F)CN)c4=O)s3)ccc21. The summed E-state index contributed by atoms with van der Waals surface area (Å²) in [5.74, 6) is 0.582. The molecule has 1 amide bonds. The van der Waals surface area contributed by atoms with Crippen molar-refractivity contribution in [1.29, 1.82) is 0 Å². The fourth-order valence-electron chi connectivity index (χ4n) is 3.14. The van der Waals surface area contributed by atoms with E-state index in [-0.39, 0.29) is 31.3 Å². The van der Waals surface area contributed by atoms with Gasteiger partial charge in [-0.05, 0) is 35.4 Å². The zero-order valence-corrected chi connectivity index (χ0v) is 17.1. The second kappa shape index (κ2) is 8.25. The minimum Gasteiger partial charge on any atom is -0.482 e. The van der Waals surface area contributed by atoms with E-state index in [0.29, 0.717) is 24.2 Å². The highest BCUT2D eigenvalue weighted by Gasteiger charge is 2.22. The summed E-state index contributed by atoms with van der Waals surface area (Å²) in [7, 11) is 1.73. The summed E-state index contributed by atoms with van der Waals surface area (Å²) < 4.78 is 20.9. The Kier molecular flexibility index (Phi) is 5.51. The van der Waals surface area contributed by atoms with E-state index in [9.17, 15) is 14.0 Å². The third kappa shape index (κ3) is 3.79. The van der Waals surface area contributed by atoms with Gasteiger partial charge in [0.25, 0.3) is 5.91 Å². The molecule has 30 heavy (non-hydrogen) atoms. The number of benzene rings is 1. The van der Waals surface area contributed by atoms with Crippen molar-refractivity contribution in [2.24, 2.45) is 5.73 Å². The monoisotopic (exact) mass is 429 g/mol. The van der Waals surface area contributed by atoms with Crippen LogP contribution in [0.15, 0.2) is 53.4 Å². The lowest BCUT2D eigenvalue weighted by atomic mass is 10.1. The van der Waals surface area contributed by atoms with E-state index in [1.807, 2.05) is 30.3 Å². The number of likely N-dealkylation sites (N-methyl/N-ethyl adjacent to an activating group) is 1. The minimum atomic E-state index is -0.326. The number of carbonyl (C=O) groups excluding carboxylic acids is 1. The van der Waals surface area contributed by atoms with Crippen LogP contribution >= 0.6 is 11.3 Å². The van der Waals surface area contributed by atoms with Crippen molar-refractivity contribution in [1.82, 2.24) is 14.3 Å². The number of nitrogens with two attached hydrogens (primary N) is 1. The van der Waals surface area contributed by atoms with Crippen molar-refractivity contribution in [2.75, 3.05) is 25.1 Å². The number of amides is 1. The van der Waals surface area contributed by atoms with Gasteiger partial charge in [0.05, 0.1) is 25.1 Å². The number of nitrogens with zero attached hydrogens (tertiary/aromatic N) is 4. The second-order valence-electron chi connectivity index (χ2n) is 6.86. The molecule has 8 nitrogen and oxygen atoms in total. The normalized spacial score (nSPS) is 14.0. The molecule has 156 valence electrons. The summed E-state index contributed by atoms with van der Waals surface area (Å²) in [6.45, 7) is 0.442. The van der Waals surface area contributed by atoms with Gasteiger partial charge in [-0.25, -0.2) is 13.9 Å². The van der Waals surface area contributed by atoms with Crippen LogP contribution in [0.25, 0.3) is 10.4 Å². The third-order valence-corrected chi connectivity index (χ3v) is 6.00. The van der Waals surface area contributed by atoms with Gasteiger partial charge < -0.3 is 15.4 Å². The fourth-order valence-corrected chi connectivity index (χ4v) is 4.14. The van der Waals surface area contributed by atoms with Crippen molar-refractivity contribution < 1.29 is 13.9 Å². The molecule has 0 aliphatic carbocycles. The van der Waals surface area contributed by atoms with Crippen LogP contribution < -0.4 is 21.1 Å². The van der Waals surface area contributed by atoms with Crippen LogP contribution in [0.3, 0.4) is 0 Å². The first kappa shape index (κ1) is 20.0. The molecule has 2 N–H and O–H groups in total. The van der Waals surface area contributed by atoms with Crippen LogP contribution in [0.2, 0.25) is 0 Å². The Bertz CT molecular complexity index is 1180. The smallest absolute Gasteiger partial charge is 0.346 e. The molecule has 3 aromatic rings. The van der Waals surface area contributed by atoms with Crippen molar-refractivity contribution in [3.8, 4) is 16.2 Å². The van der Waals surface area contributed by atoms with Crippen molar-refractivity contribution in [3.05, 3.63) is 63.9 Å².